The van der Waals surface area contributed by atoms with Crippen molar-refractivity contribution in [2.24, 2.45) is 4.99 Å². The van der Waals surface area contributed by atoms with Crippen molar-refractivity contribution >= 4 is 45.8 Å². The summed E-state index contributed by atoms with van der Waals surface area (Å²) in [6, 6.07) is 4.87. The van der Waals surface area contributed by atoms with Crippen molar-refractivity contribution in [2.45, 2.75) is 0 Å². The first-order valence-electron chi connectivity index (χ1n) is 5.46. The predicted octanol–water partition coefficient (Wildman–Crippen LogP) is 2.35. The number of rotatable bonds is 4. The van der Waals surface area contributed by atoms with Crippen LogP contribution in [0.25, 0.3) is 0 Å². The number of nitriles is 1. The number of anilines is 1. The van der Waals surface area contributed by atoms with Gasteiger partial charge in [-0.15, -0.1) is 0 Å². The van der Waals surface area contributed by atoms with Crippen LogP contribution in [0.15, 0.2) is 23.2 Å². The zero-order valence-electron chi connectivity index (χ0n) is 10.9. The average Bonchev–Trinajstić information content (AvgIpc) is 2.41. The highest BCUT2D eigenvalue weighted by molar-refractivity contribution is 8.13. The second kappa shape index (κ2) is 8.43. The molecule has 0 unspecified atom stereocenters. The van der Waals surface area contributed by atoms with Crippen LogP contribution in [-0.4, -0.2) is 31.0 Å². The second-order valence-electron chi connectivity index (χ2n) is 3.50. The van der Waals surface area contributed by atoms with Crippen molar-refractivity contribution in [2.75, 3.05) is 25.3 Å². The van der Waals surface area contributed by atoms with E-state index in [-0.39, 0.29) is 12.5 Å². The third-order valence-electron chi connectivity index (χ3n) is 2.09. The highest BCUT2D eigenvalue weighted by Gasteiger charge is 2.08. The van der Waals surface area contributed by atoms with Gasteiger partial charge < -0.3 is 10.1 Å². The Bertz CT molecular complexity index is 557. The van der Waals surface area contributed by atoms with Crippen molar-refractivity contribution in [1.82, 2.24) is 5.32 Å². The van der Waals surface area contributed by atoms with Crippen molar-refractivity contribution in [3.8, 4) is 6.19 Å². The minimum Gasteiger partial charge on any atom is -0.375 e. The Morgan fingerprint density at radius 3 is 2.95 bits per heavy atom. The number of nitrogens with one attached hydrogen (secondary N) is 2. The minimum absolute atomic E-state index is 0.0579. The molecule has 0 spiro atoms. The van der Waals surface area contributed by atoms with Gasteiger partial charge in [-0.2, -0.15) is 5.26 Å². The molecule has 0 atom stereocenters. The van der Waals surface area contributed by atoms with E-state index in [9.17, 15) is 4.79 Å². The van der Waals surface area contributed by atoms with Crippen LogP contribution < -0.4 is 10.6 Å². The van der Waals surface area contributed by atoms with Gasteiger partial charge in [0.1, 0.15) is 6.61 Å². The summed E-state index contributed by atoms with van der Waals surface area (Å²) < 4.78 is 4.75. The molecule has 6 nitrogen and oxygen atoms in total. The molecule has 1 aromatic carbocycles. The maximum Gasteiger partial charge on any atom is 0.250 e. The number of hydrogen-bond donors (Lipinski definition) is 2. The van der Waals surface area contributed by atoms with Gasteiger partial charge in [0, 0.05) is 12.1 Å². The predicted molar refractivity (Wildman–Crippen MR) is 81.3 cm³/mol. The Kier molecular flexibility index (Phi) is 6.87. The number of halogens is 1. The molecule has 0 aliphatic rings. The monoisotopic (exact) mass is 312 g/mol. The number of thioether (sulfide) groups is 1. The molecule has 106 valence electrons. The van der Waals surface area contributed by atoms with Crippen molar-refractivity contribution in [3.05, 3.63) is 23.2 Å². The molecule has 1 aromatic rings. The van der Waals surface area contributed by atoms with Crippen LogP contribution >= 0.6 is 23.4 Å². The highest BCUT2D eigenvalue weighted by Crippen LogP contribution is 2.29. The first-order valence-corrected chi connectivity index (χ1v) is 7.07. The molecule has 0 aliphatic carbocycles. The standard InChI is InChI=1S/C12H13ClN4O2S/c1-19-6-11(18)16-9-4-3-8(13)5-10(9)17-12(20-2)15-7-14/h3-5H,6H2,1-2H3,(H,15,17)(H,16,18). The molecule has 8 heteroatoms. The molecule has 0 radical (unpaired) electrons. The molecule has 0 aliphatic heterocycles. The first kappa shape index (κ1) is 16.3. The van der Waals surface area contributed by atoms with E-state index in [0.717, 1.165) is 0 Å². The number of methoxy groups -OCH3 is 1. The Morgan fingerprint density at radius 1 is 1.60 bits per heavy atom. The molecule has 1 rings (SSSR count). The Morgan fingerprint density at radius 2 is 2.35 bits per heavy atom. The molecule has 0 heterocycles. The molecule has 0 aromatic heterocycles. The highest BCUT2D eigenvalue weighted by atomic mass is 35.5. The van der Waals surface area contributed by atoms with E-state index in [2.05, 4.69) is 15.6 Å². The smallest absolute Gasteiger partial charge is 0.250 e. The van der Waals surface area contributed by atoms with Crippen LogP contribution in [0, 0.1) is 11.5 Å². The Hall–Kier alpha value is -1.75. The van der Waals surface area contributed by atoms with Gasteiger partial charge in [-0.1, -0.05) is 23.4 Å². The average molecular weight is 313 g/mol. The number of carbonyl (C=O) groups is 1. The molecule has 0 saturated carbocycles. The second-order valence-corrected chi connectivity index (χ2v) is 4.73. The van der Waals surface area contributed by atoms with E-state index in [1.54, 1.807) is 30.6 Å². The van der Waals surface area contributed by atoms with Crippen LogP contribution in [0.3, 0.4) is 0 Å². The van der Waals surface area contributed by atoms with Crippen LogP contribution in [0.2, 0.25) is 5.02 Å². The summed E-state index contributed by atoms with van der Waals surface area (Å²) in [6.45, 7) is -0.0579. The summed E-state index contributed by atoms with van der Waals surface area (Å²) in [5, 5.41) is 14.6. The lowest BCUT2D eigenvalue weighted by molar-refractivity contribution is -0.119. The van der Waals surface area contributed by atoms with Crippen LogP contribution in [0.4, 0.5) is 11.4 Å². The van der Waals surface area contributed by atoms with Gasteiger partial charge in [-0.25, -0.2) is 4.99 Å². The lowest BCUT2D eigenvalue weighted by Crippen LogP contribution is -2.17. The van der Waals surface area contributed by atoms with Gasteiger partial charge in [0.15, 0.2) is 11.4 Å². The largest absolute Gasteiger partial charge is 0.375 e. The maximum atomic E-state index is 11.5. The summed E-state index contributed by atoms with van der Waals surface area (Å²) >= 11 is 7.19. The van der Waals surface area contributed by atoms with Gasteiger partial charge in [-0.3, -0.25) is 10.1 Å². The summed E-state index contributed by atoms with van der Waals surface area (Å²) in [5.74, 6) is -0.301. The lowest BCUT2D eigenvalue weighted by atomic mass is 10.2. The van der Waals surface area contributed by atoms with E-state index in [1.807, 2.05) is 0 Å². The topological polar surface area (TPSA) is 86.5 Å². The molecular weight excluding hydrogens is 300 g/mol. The fourth-order valence-electron chi connectivity index (χ4n) is 1.30. The van der Waals surface area contributed by atoms with E-state index in [4.69, 9.17) is 21.6 Å². The summed E-state index contributed by atoms with van der Waals surface area (Å²) in [4.78, 5) is 15.8. The van der Waals surface area contributed by atoms with Crippen molar-refractivity contribution < 1.29 is 9.53 Å². The first-order chi connectivity index (χ1) is 9.60. The Labute approximate surface area is 126 Å². The molecular formula is C12H13ClN4O2S. The number of benzene rings is 1. The summed E-state index contributed by atoms with van der Waals surface area (Å²) in [6.07, 6.45) is 3.57. The fourth-order valence-corrected chi connectivity index (χ4v) is 1.81. The summed E-state index contributed by atoms with van der Waals surface area (Å²) in [5.41, 5.74) is 0.941. The molecule has 1 amide bonds. The number of hydrogen-bond acceptors (Lipinski definition) is 5. The third-order valence-corrected chi connectivity index (χ3v) is 2.90. The molecule has 0 bridgehead atoms. The normalized spacial score (nSPS) is 10.8. The van der Waals surface area contributed by atoms with Gasteiger partial charge in [0.25, 0.3) is 0 Å². The Balaban J connectivity index is 3.07. The number of aliphatic imine (C=N–C) groups is 1. The van der Waals surface area contributed by atoms with E-state index in [1.165, 1.54) is 18.9 Å². The van der Waals surface area contributed by atoms with E-state index in [0.29, 0.717) is 21.6 Å². The van der Waals surface area contributed by atoms with E-state index >= 15 is 0 Å². The number of ether oxygens (including phenoxy) is 1. The lowest BCUT2D eigenvalue weighted by Gasteiger charge is -2.09. The van der Waals surface area contributed by atoms with Gasteiger partial charge in [-0.05, 0) is 24.5 Å². The quantitative estimate of drug-likeness (QED) is 0.386. The van der Waals surface area contributed by atoms with Crippen LogP contribution in [0.1, 0.15) is 0 Å². The van der Waals surface area contributed by atoms with Crippen molar-refractivity contribution in [3.63, 3.8) is 0 Å². The zero-order valence-corrected chi connectivity index (χ0v) is 12.5. The number of amides is 1. The SMILES string of the molecule is COCC(=O)Nc1ccc(Cl)cc1N=C(NC#N)SC. The molecule has 20 heavy (non-hydrogen) atoms. The fraction of sp³-hybridized carbons (Fsp3) is 0.250. The van der Waals surface area contributed by atoms with Gasteiger partial charge >= 0.3 is 0 Å². The molecule has 0 fully saturated rings. The number of nitrogens with zero attached hydrogens (tertiary/aromatic N) is 2. The third kappa shape index (κ3) is 5.09. The van der Waals surface area contributed by atoms with Crippen molar-refractivity contribution in [1.29, 1.82) is 5.26 Å². The van der Waals surface area contributed by atoms with Gasteiger partial charge in [0.2, 0.25) is 5.91 Å². The molecule has 0 saturated heterocycles. The number of carbonyl (C=O) groups excluding carboxylic acids is 1. The minimum atomic E-state index is -0.301. The number of amidine groups is 1. The van der Waals surface area contributed by atoms with E-state index < -0.39 is 0 Å². The van der Waals surface area contributed by atoms with Crippen LogP contribution in [0.5, 0.6) is 0 Å². The van der Waals surface area contributed by atoms with Gasteiger partial charge in [0.05, 0.1) is 11.4 Å². The molecule has 2 N–H and O–H groups in total. The van der Waals surface area contributed by atoms with Crippen LogP contribution in [-0.2, 0) is 9.53 Å². The maximum absolute atomic E-state index is 11.5. The summed E-state index contributed by atoms with van der Waals surface area (Å²) in [7, 11) is 1.43. The zero-order chi connectivity index (χ0) is 15.0.